The van der Waals surface area contributed by atoms with E-state index in [1.54, 1.807) is 11.3 Å². The Bertz CT molecular complexity index is 366. The summed E-state index contributed by atoms with van der Waals surface area (Å²) in [4.78, 5) is 4.28. The van der Waals surface area contributed by atoms with Gasteiger partial charge in [0, 0.05) is 0 Å². The van der Waals surface area contributed by atoms with E-state index in [4.69, 9.17) is 5.73 Å². The van der Waals surface area contributed by atoms with Crippen molar-refractivity contribution < 1.29 is 0 Å². The van der Waals surface area contributed by atoms with E-state index < -0.39 is 0 Å². The molecule has 2 rings (SSSR count). The first-order valence-electron chi connectivity index (χ1n) is 4.05. The second-order valence-electron chi connectivity index (χ2n) is 2.87. The van der Waals surface area contributed by atoms with E-state index in [1.807, 2.05) is 19.1 Å². The number of aryl methyl sites for hydroxylation is 1. The molecule has 2 heterocycles. The largest absolute Gasteiger partial charge is 0.384 e. The van der Waals surface area contributed by atoms with Crippen LogP contribution < -0.4 is 5.73 Å². The fourth-order valence-corrected chi connectivity index (χ4v) is 1.95. The molecule has 5 heteroatoms. The van der Waals surface area contributed by atoms with Crippen LogP contribution >= 0.6 is 11.3 Å². The number of rotatable bonds is 1. The number of nitrogens with zero attached hydrogens (tertiary/aromatic N) is 3. The van der Waals surface area contributed by atoms with Crippen molar-refractivity contribution in [3.05, 3.63) is 22.2 Å². The fourth-order valence-electron chi connectivity index (χ4n) is 1.20. The van der Waals surface area contributed by atoms with Crippen LogP contribution in [0.5, 0.6) is 0 Å². The van der Waals surface area contributed by atoms with Crippen LogP contribution in [0.1, 0.15) is 22.5 Å². The van der Waals surface area contributed by atoms with E-state index in [1.165, 1.54) is 0 Å². The van der Waals surface area contributed by atoms with Gasteiger partial charge in [-0.1, -0.05) is 17.4 Å². The molecule has 0 amide bonds. The van der Waals surface area contributed by atoms with Gasteiger partial charge in [0.05, 0.1) is 0 Å². The molecule has 0 saturated heterocycles. The van der Waals surface area contributed by atoms with Gasteiger partial charge in [-0.15, -0.1) is 10.2 Å². The van der Waals surface area contributed by atoms with Crippen molar-refractivity contribution in [3.63, 3.8) is 0 Å². The van der Waals surface area contributed by atoms with Crippen molar-refractivity contribution in [2.45, 2.75) is 19.4 Å². The molecule has 0 radical (unpaired) electrons. The minimum Gasteiger partial charge on any atom is -0.384 e. The van der Waals surface area contributed by atoms with Crippen LogP contribution in [-0.4, -0.2) is 16.0 Å². The van der Waals surface area contributed by atoms with Gasteiger partial charge in [0.1, 0.15) is 21.9 Å². The van der Waals surface area contributed by atoms with Crippen molar-refractivity contribution in [2.75, 3.05) is 0 Å². The summed E-state index contributed by atoms with van der Waals surface area (Å²) in [7, 11) is 0. The van der Waals surface area contributed by atoms with Crippen molar-refractivity contribution in [1.82, 2.24) is 10.2 Å². The van der Waals surface area contributed by atoms with Gasteiger partial charge < -0.3 is 5.73 Å². The molecule has 2 N–H and O–H groups in total. The van der Waals surface area contributed by atoms with Crippen LogP contribution in [-0.2, 0) is 0 Å². The first-order valence-corrected chi connectivity index (χ1v) is 4.87. The van der Waals surface area contributed by atoms with Gasteiger partial charge in [0.25, 0.3) is 0 Å². The number of hydrogen-bond donors (Lipinski definition) is 1. The smallest absolute Gasteiger partial charge is 0.142 e. The SMILES string of the molecule is Cc1nnc(C2CC=CC(N)=N2)s1. The lowest BCUT2D eigenvalue weighted by Gasteiger charge is -2.10. The molecule has 1 atom stereocenters. The number of nitrogens with two attached hydrogens (primary N) is 1. The molecule has 0 bridgehead atoms. The Kier molecular flexibility index (Phi) is 2.10. The maximum atomic E-state index is 5.59. The first kappa shape index (κ1) is 8.37. The predicted octanol–water partition coefficient (Wildman–Crippen LogP) is 1.20. The normalized spacial score (nSPS) is 21.6. The molecule has 0 fully saturated rings. The molecule has 68 valence electrons. The Hall–Kier alpha value is -1.23. The van der Waals surface area contributed by atoms with Gasteiger partial charge in [0.2, 0.25) is 0 Å². The van der Waals surface area contributed by atoms with Crippen LogP contribution in [0.2, 0.25) is 0 Å². The standard InChI is InChI=1S/C8H10N4S/c1-5-11-12-8(13-5)6-3-2-4-7(9)10-6/h2,4,6H,3H2,1H3,(H2,9,10). The molecule has 0 aromatic carbocycles. The summed E-state index contributed by atoms with van der Waals surface area (Å²) in [6.07, 6.45) is 4.71. The molecule has 1 aliphatic rings. The number of hydrogen-bond acceptors (Lipinski definition) is 5. The summed E-state index contributed by atoms with van der Waals surface area (Å²) in [6.45, 7) is 1.94. The highest BCUT2D eigenvalue weighted by Gasteiger charge is 2.15. The second-order valence-corrected chi connectivity index (χ2v) is 4.08. The lowest BCUT2D eigenvalue weighted by atomic mass is 10.2. The van der Waals surface area contributed by atoms with Crippen molar-refractivity contribution in [1.29, 1.82) is 0 Å². The van der Waals surface area contributed by atoms with Crippen molar-refractivity contribution in [2.24, 2.45) is 10.7 Å². The van der Waals surface area contributed by atoms with E-state index in [9.17, 15) is 0 Å². The summed E-state index contributed by atoms with van der Waals surface area (Å²) in [5.74, 6) is 0.573. The molecule has 4 nitrogen and oxygen atoms in total. The van der Waals surface area contributed by atoms with E-state index in [0.717, 1.165) is 16.4 Å². The highest BCUT2D eigenvalue weighted by Crippen LogP contribution is 2.26. The average molecular weight is 194 g/mol. The van der Waals surface area contributed by atoms with E-state index in [-0.39, 0.29) is 6.04 Å². The van der Waals surface area contributed by atoms with E-state index in [0.29, 0.717) is 5.84 Å². The zero-order chi connectivity index (χ0) is 9.26. The number of amidine groups is 1. The third-order valence-electron chi connectivity index (χ3n) is 1.78. The van der Waals surface area contributed by atoms with Crippen LogP contribution in [0.3, 0.4) is 0 Å². The Balaban J connectivity index is 2.23. The summed E-state index contributed by atoms with van der Waals surface area (Å²) >= 11 is 1.58. The lowest BCUT2D eigenvalue weighted by molar-refractivity contribution is 0.714. The van der Waals surface area contributed by atoms with Gasteiger partial charge >= 0.3 is 0 Å². The molecule has 13 heavy (non-hydrogen) atoms. The molecule has 0 spiro atoms. The Morgan fingerprint density at radius 1 is 1.54 bits per heavy atom. The number of dihydropyridines is 1. The highest BCUT2D eigenvalue weighted by atomic mass is 32.1. The Morgan fingerprint density at radius 3 is 3.00 bits per heavy atom. The maximum Gasteiger partial charge on any atom is 0.142 e. The summed E-state index contributed by atoms with van der Waals surface area (Å²) in [6, 6.07) is 0.0798. The maximum absolute atomic E-state index is 5.59. The van der Waals surface area contributed by atoms with Gasteiger partial charge in [-0.25, -0.2) is 0 Å². The molecule has 1 aromatic heterocycles. The van der Waals surface area contributed by atoms with Crippen molar-refractivity contribution in [3.8, 4) is 0 Å². The second kappa shape index (κ2) is 3.26. The average Bonchev–Trinajstić information content (AvgIpc) is 2.52. The molecule has 1 aromatic rings. The summed E-state index contributed by atoms with van der Waals surface area (Å²) in [5.41, 5.74) is 5.59. The lowest BCUT2D eigenvalue weighted by Crippen LogP contribution is -2.13. The van der Waals surface area contributed by atoms with E-state index in [2.05, 4.69) is 15.2 Å². The molecule has 0 saturated carbocycles. The zero-order valence-corrected chi connectivity index (χ0v) is 8.08. The highest BCUT2D eigenvalue weighted by molar-refractivity contribution is 7.11. The van der Waals surface area contributed by atoms with Gasteiger partial charge in [-0.2, -0.15) is 0 Å². The third-order valence-corrected chi connectivity index (χ3v) is 2.72. The summed E-state index contributed by atoms with van der Waals surface area (Å²) in [5, 5.41) is 9.92. The molecular formula is C8H10N4S. The van der Waals surface area contributed by atoms with Crippen LogP contribution in [0.4, 0.5) is 0 Å². The monoisotopic (exact) mass is 194 g/mol. The molecule has 1 unspecified atom stereocenters. The topological polar surface area (TPSA) is 64.2 Å². The Morgan fingerprint density at radius 2 is 2.38 bits per heavy atom. The van der Waals surface area contributed by atoms with Crippen LogP contribution in [0.25, 0.3) is 0 Å². The van der Waals surface area contributed by atoms with Crippen LogP contribution in [0, 0.1) is 6.92 Å². The quantitative estimate of drug-likeness (QED) is 0.730. The zero-order valence-electron chi connectivity index (χ0n) is 7.27. The van der Waals surface area contributed by atoms with Gasteiger partial charge in [-0.3, -0.25) is 4.99 Å². The minimum absolute atomic E-state index is 0.0798. The number of aliphatic imine (C=N–C) groups is 1. The third kappa shape index (κ3) is 1.75. The van der Waals surface area contributed by atoms with Gasteiger partial charge in [0.15, 0.2) is 0 Å². The molecular weight excluding hydrogens is 184 g/mol. The first-order chi connectivity index (χ1) is 6.25. The molecule has 0 aliphatic carbocycles. The van der Waals surface area contributed by atoms with E-state index >= 15 is 0 Å². The Labute approximate surface area is 80.2 Å². The summed E-state index contributed by atoms with van der Waals surface area (Å²) < 4.78 is 0. The van der Waals surface area contributed by atoms with Crippen LogP contribution in [0.15, 0.2) is 17.1 Å². The van der Waals surface area contributed by atoms with Gasteiger partial charge in [-0.05, 0) is 19.4 Å². The van der Waals surface area contributed by atoms with Crippen molar-refractivity contribution >= 4 is 17.2 Å². The predicted molar refractivity (Wildman–Crippen MR) is 52.8 cm³/mol. The fraction of sp³-hybridized carbons (Fsp3) is 0.375. The minimum atomic E-state index is 0.0798. The number of aromatic nitrogens is 2. The molecule has 1 aliphatic heterocycles.